The second-order valence-corrected chi connectivity index (χ2v) is 5.79. The number of aromatic nitrogens is 2. The highest BCUT2D eigenvalue weighted by atomic mass is 16.6. The molecule has 0 aliphatic heterocycles. The Bertz CT molecular complexity index is 799. The third-order valence-corrected chi connectivity index (χ3v) is 3.78. The molecule has 1 aromatic heterocycles. The zero-order chi connectivity index (χ0) is 18.6. The van der Waals surface area contributed by atoms with Gasteiger partial charge in [-0.25, -0.2) is 9.48 Å². The van der Waals surface area contributed by atoms with Gasteiger partial charge in [0.1, 0.15) is 5.54 Å². The van der Waals surface area contributed by atoms with E-state index in [2.05, 4.69) is 10.4 Å². The molecule has 0 saturated carbocycles. The number of carbonyl (C=O) groups excluding carboxylic acids is 1. The van der Waals surface area contributed by atoms with E-state index in [4.69, 9.17) is 0 Å². The van der Waals surface area contributed by atoms with Crippen LogP contribution in [0.5, 0.6) is 0 Å². The van der Waals surface area contributed by atoms with E-state index in [0.29, 0.717) is 18.5 Å². The van der Waals surface area contributed by atoms with E-state index in [-0.39, 0.29) is 11.3 Å². The summed E-state index contributed by atoms with van der Waals surface area (Å²) in [6.45, 7) is 3.29. The summed E-state index contributed by atoms with van der Waals surface area (Å²) in [5.41, 5.74) is -0.673. The summed E-state index contributed by atoms with van der Waals surface area (Å²) in [4.78, 5) is 33.9. The van der Waals surface area contributed by atoms with Crippen molar-refractivity contribution in [3.05, 3.63) is 52.3 Å². The largest absolute Gasteiger partial charge is 0.480 e. The Balaban J connectivity index is 2.18. The fourth-order valence-electron chi connectivity index (χ4n) is 2.35. The summed E-state index contributed by atoms with van der Waals surface area (Å²) in [7, 11) is 0. The maximum Gasteiger partial charge on any atom is 0.329 e. The van der Waals surface area contributed by atoms with Crippen molar-refractivity contribution in [3.63, 3.8) is 0 Å². The monoisotopic (exact) mass is 346 g/mol. The topological polar surface area (TPSA) is 127 Å². The van der Waals surface area contributed by atoms with Gasteiger partial charge in [-0.3, -0.25) is 14.9 Å². The lowest BCUT2D eigenvalue weighted by molar-refractivity contribution is -0.384. The van der Waals surface area contributed by atoms with Crippen molar-refractivity contribution in [1.29, 1.82) is 0 Å². The van der Waals surface area contributed by atoms with Crippen LogP contribution in [-0.4, -0.2) is 37.2 Å². The molecule has 0 spiro atoms. The molecule has 2 aromatic rings. The average Bonchev–Trinajstić information content (AvgIpc) is 3.05. The molecule has 1 amide bonds. The number of nitrogens with zero attached hydrogens (tertiary/aromatic N) is 3. The van der Waals surface area contributed by atoms with E-state index < -0.39 is 22.3 Å². The van der Waals surface area contributed by atoms with Gasteiger partial charge in [-0.05, 0) is 25.5 Å². The number of aliphatic carboxylic acids is 1. The molecule has 9 nitrogen and oxygen atoms in total. The van der Waals surface area contributed by atoms with Crippen LogP contribution in [0.15, 0.2) is 36.7 Å². The molecule has 0 fully saturated rings. The van der Waals surface area contributed by atoms with Gasteiger partial charge in [0, 0.05) is 18.3 Å². The third kappa shape index (κ3) is 4.00. The number of amides is 1. The number of nitro groups is 1. The summed E-state index contributed by atoms with van der Waals surface area (Å²) in [5, 5.41) is 26.5. The fourth-order valence-corrected chi connectivity index (χ4v) is 2.35. The first-order chi connectivity index (χ1) is 11.8. The van der Waals surface area contributed by atoms with Crippen molar-refractivity contribution in [3.8, 4) is 5.69 Å². The van der Waals surface area contributed by atoms with Crippen LogP contribution in [0.2, 0.25) is 0 Å². The number of carboxylic acids is 1. The van der Waals surface area contributed by atoms with Gasteiger partial charge in [0.2, 0.25) is 0 Å². The highest BCUT2D eigenvalue weighted by molar-refractivity contribution is 5.97. The molecule has 9 heteroatoms. The molecule has 0 aliphatic carbocycles. The van der Waals surface area contributed by atoms with Gasteiger partial charge in [0.25, 0.3) is 11.6 Å². The molecule has 1 unspecified atom stereocenters. The third-order valence-electron chi connectivity index (χ3n) is 3.78. The number of carbonyl (C=O) groups is 2. The summed E-state index contributed by atoms with van der Waals surface area (Å²) < 4.78 is 1.39. The fraction of sp³-hybridized carbons (Fsp3) is 0.312. The van der Waals surface area contributed by atoms with Crippen molar-refractivity contribution in [2.45, 2.75) is 32.2 Å². The summed E-state index contributed by atoms with van der Waals surface area (Å²) in [6.07, 6.45) is 3.64. The van der Waals surface area contributed by atoms with Crippen LogP contribution >= 0.6 is 0 Å². The second-order valence-electron chi connectivity index (χ2n) is 5.79. The zero-order valence-corrected chi connectivity index (χ0v) is 13.8. The van der Waals surface area contributed by atoms with E-state index in [1.807, 2.05) is 6.92 Å². The Morgan fingerprint density at radius 2 is 2.00 bits per heavy atom. The standard InChI is InChI=1S/C16H18N4O5/c1-3-8-16(2,15(22)23)18-14(21)11-9-17-19(10-11)12-4-6-13(7-5-12)20(24)25/h4-7,9-10H,3,8H2,1-2H3,(H,18,21)(H,22,23). The van der Waals surface area contributed by atoms with Crippen molar-refractivity contribution >= 4 is 17.6 Å². The normalized spacial score (nSPS) is 13.0. The minimum Gasteiger partial charge on any atom is -0.480 e. The quantitative estimate of drug-likeness (QED) is 0.584. The maximum atomic E-state index is 12.3. The van der Waals surface area contributed by atoms with Gasteiger partial charge in [0.15, 0.2) is 0 Å². The SMILES string of the molecule is CCCC(C)(NC(=O)c1cnn(-c2ccc([N+](=O)[O-])cc2)c1)C(=O)O. The van der Waals surface area contributed by atoms with Gasteiger partial charge < -0.3 is 10.4 Å². The Kier molecular flexibility index (Phi) is 5.16. The van der Waals surface area contributed by atoms with Crippen LogP contribution in [0.25, 0.3) is 5.69 Å². The highest BCUT2D eigenvalue weighted by Gasteiger charge is 2.34. The van der Waals surface area contributed by atoms with Crippen LogP contribution in [-0.2, 0) is 4.79 Å². The first-order valence-electron chi connectivity index (χ1n) is 7.62. The van der Waals surface area contributed by atoms with Gasteiger partial charge in [-0.15, -0.1) is 0 Å². The Hall–Kier alpha value is -3.23. The molecular formula is C16H18N4O5. The van der Waals surface area contributed by atoms with Crippen LogP contribution in [0.1, 0.15) is 37.0 Å². The van der Waals surface area contributed by atoms with Gasteiger partial charge in [-0.2, -0.15) is 5.10 Å². The first-order valence-corrected chi connectivity index (χ1v) is 7.62. The Labute approximate surface area is 143 Å². The predicted octanol–water partition coefficient (Wildman–Crippen LogP) is 2.15. The van der Waals surface area contributed by atoms with E-state index in [9.17, 15) is 24.8 Å². The van der Waals surface area contributed by atoms with Gasteiger partial charge in [0.05, 0.1) is 22.4 Å². The van der Waals surface area contributed by atoms with Crippen molar-refractivity contribution in [2.75, 3.05) is 0 Å². The minimum atomic E-state index is -1.36. The van der Waals surface area contributed by atoms with Crippen LogP contribution < -0.4 is 5.32 Å². The molecule has 1 aromatic carbocycles. The maximum absolute atomic E-state index is 12.3. The molecule has 25 heavy (non-hydrogen) atoms. The molecule has 1 heterocycles. The number of hydrogen-bond donors (Lipinski definition) is 2. The number of non-ortho nitro benzene ring substituents is 1. The van der Waals surface area contributed by atoms with E-state index in [0.717, 1.165) is 0 Å². The minimum absolute atomic E-state index is 0.0503. The molecule has 2 N–H and O–H groups in total. The molecule has 132 valence electrons. The average molecular weight is 346 g/mol. The lowest BCUT2D eigenvalue weighted by Gasteiger charge is -2.25. The predicted molar refractivity (Wildman–Crippen MR) is 88.6 cm³/mol. The van der Waals surface area contributed by atoms with Crippen molar-refractivity contribution in [2.24, 2.45) is 0 Å². The van der Waals surface area contributed by atoms with E-state index >= 15 is 0 Å². The number of rotatable bonds is 7. The summed E-state index contributed by atoms with van der Waals surface area (Å²) >= 11 is 0. The molecular weight excluding hydrogens is 328 g/mol. The van der Waals surface area contributed by atoms with Gasteiger partial charge in [-0.1, -0.05) is 13.3 Å². The number of nitrogens with one attached hydrogen (secondary N) is 1. The molecule has 0 radical (unpaired) electrons. The number of nitro benzene ring substituents is 1. The van der Waals surface area contributed by atoms with Crippen molar-refractivity contribution < 1.29 is 19.6 Å². The first kappa shape index (κ1) is 18.1. The highest BCUT2D eigenvalue weighted by Crippen LogP contribution is 2.17. The van der Waals surface area contributed by atoms with E-state index in [1.54, 1.807) is 0 Å². The molecule has 1 atom stereocenters. The van der Waals surface area contributed by atoms with Crippen LogP contribution in [0.4, 0.5) is 5.69 Å². The second kappa shape index (κ2) is 7.12. The molecule has 0 aliphatic rings. The Morgan fingerprint density at radius 1 is 1.36 bits per heavy atom. The van der Waals surface area contributed by atoms with Crippen LogP contribution in [0, 0.1) is 10.1 Å². The zero-order valence-electron chi connectivity index (χ0n) is 13.8. The van der Waals surface area contributed by atoms with Crippen molar-refractivity contribution in [1.82, 2.24) is 15.1 Å². The summed E-state index contributed by atoms with van der Waals surface area (Å²) in [5.74, 6) is -1.66. The smallest absolute Gasteiger partial charge is 0.329 e. The van der Waals surface area contributed by atoms with Gasteiger partial charge >= 0.3 is 5.97 Å². The number of carboxylic acid groups (broad SMARTS) is 1. The Morgan fingerprint density at radius 3 is 2.52 bits per heavy atom. The molecule has 0 saturated heterocycles. The number of benzene rings is 1. The lowest BCUT2D eigenvalue weighted by Crippen LogP contribution is -2.52. The number of hydrogen-bond acceptors (Lipinski definition) is 5. The molecule has 2 rings (SSSR count). The lowest BCUT2D eigenvalue weighted by atomic mass is 9.96. The van der Waals surface area contributed by atoms with Crippen LogP contribution in [0.3, 0.4) is 0 Å². The summed E-state index contributed by atoms with van der Waals surface area (Å²) in [6, 6.07) is 5.68. The van der Waals surface area contributed by atoms with E-state index in [1.165, 1.54) is 48.3 Å². The molecule has 0 bridgehead atoms.